The monoisotopic (exact) mass is 301 g/mol. The molecule has 7 nitrogen and oxygen atoms in total. The Kier molecular flexibility index (Phi) is 4.88. The van der Waals surface area contributed by atoms with E-state index < -0.39 is 5.97 Å². The van der Waals surface area contributed by atoms with Crippen LogP contribution in [0.3, 0.4) is 0 Å². The first-order valence-corrected chi connectivity index (χ1v) is 6.89. The van der Waals surface area contributed by atoms with Crippen molar-refractivity contribution in [1.29, 1.82) is 0 Å². The molecule has 22 heavy (non-hydrogen) atoms. The lowest BCUT2D eigenvalue weighted by Gasteiger charge is -2.08. The summed E-state index contributed by atoms with van der Waals surface area (Å²) >= 11 is 0. The van der Waals surface area contributed by atoms with Crippen LogP contribution in [0.4, 0.5) is 0 Å². The molecule has 0 aliphatic heterocycles. The minimum Gasteiger partial charge on any atom is -0.462 e. The van der Waals surface area contributed by atoms with Crippen LogP contribution in [0.2, 0.25) is 0 Å². The number of carbonyl (C=O) groups excluding carboxylic acids is 1. The summed E-state index contributed by atoms with van der Waals surface area (Å²) in [5.41, 5.74) is 1.64. The average molecular weight is 301 g/mol. The molecule has 0 bridgehead atoms. The number of nitrogens with zero attached hydrogens (tertiary/aromatic N) is 5. The van der Waals surface area contributed by atoms with Crippen molar-refractivity contribution in [3.8, 4) is 11.4 Å². The fraction of sp³-hybridized carbons (Fsp3) is 0.333. The molecule has 116 valence electrons. The number of ether oxygens (including phenoxy) is 1. The summed E-state index contributed by atoms with van der Waals surface area (Å²) in [6.07, 6.45) is 8.56. The molecule has 0 spiro atoms. The van der Waals surface area contributed by atoms with Crippen LogP contribution in [0.15, 0.2) is 24.8 Å². The van der Waals surface area contributed by atoms with Gasteiger partial charge in [-0.05, 0) is 13.0 Å². The highest BCUT2D eigenvalue weighted by atomic mass is 16.5. The molecule has 2 aromatic rings. The topological polar surface area (TPSA) is 73.1 Å². The summed E-state index contributed by atoms with van der Waals surface area (Å²) < 4.78 is 6.72. The molecule has 2 aromatic heterocycles. The Morgan fingerprint density at radius 2 is 2.18 bits per heavy atom. The van der Waals surface area contributed by atoms with Crippen LogP contribution in [0, 0.1) is 0 Å². The second kappa shape index (κ2) is 6.84. The first-order chi connectivity index (χ1) is 10.5. The number of carbonyl (C=O) groups is 1. The van der Waals surface area contributed by atoms with Gasteiger partial charge in [-0.2, -0.15) is 5.10 Å². The Bertz CT molecular complexity index is 691. The minimum absolute atomic E-state index is 0.306. The smallest absolute Gasteiger partial charge is 0.341 e. The second-order valence-corrected chi connectivity index (χ2v) is 4.90. The maximum absolute atomic E-state index is 12.0. The van der Waals surface area contributed by atoms with E-state index in [9.17, 15) is 4.79 Å². The molecule has 0 atom stereocenters. The van der Waals surface area contributed by atoms with E-state index in [0.29, 0.717) is 23.7 Å². The summed E-state index contributed by atoms with van der Waals surface area (Å²) in [5, 5.41) is 4.10. The molecule has 0 saturated carbocycles. The number of hydrogen-bond acceptors (Lipinski definition) is 6. The van der Waals surface area contributed by atoms with Crippen molar-refractivity contribution in [2.75, 3.05) is 20.7 Å². The fourth-order valence-electron chi connectivity index (χ4n) is 1.78. The van der Waals surface area contributed by atoms with Crippen molar-refractivity contribution < 1.29 is 9.53 Å². The van der Waals surface area contributed by atoms with E-state index in [1.165, 1.54) is 6.20 Å². The highest BCUT2D eigenvalue weighted by molar-refractivity contribution is 5.92. The Morgan fingerprint density at radius 3 is 2.77 bits per heavy atom. The standard InChI is InChI=1S/C15H19N5O2/c1-5-22-15(21)12-9-16-14(11-8-17-20(4)10-11)18-13(12)6-7-19(2)3/h6-10H,5H2,1-4H3/b7-6+. The summed E-state index contributed by atoms with van der Waals surface area (Å²) in [6.45, 7) is 2.07. The predicted octanol–water partition coefficient (Wildman–Crippen LogP) is 1.59. The van der Waals surface area contributed by atoms with Gasteiger partial charge in [0, 0.05) is 39.7 Å². The van der Waals surface area contributed by atoms with E-state index in [0.717, 1.165) is 5.56 Å². The first kappa shape index (κ1) is 15.7. The van der Waals surface area contributed by atoms with Gasteiger partial charge in [0.15, 0.2) is 5.82 Å². The maximum Gasteiger partial charge on any atom is 0.341 e. The van der Waals surface area contributed by atoms with E-state index in [1.54, 1.807) is 23.9 Å². The zero-order valence-corrected chi connectivity index (χ0v) is 13.1. The van der Waals surface area contributed by atoms with E-state index in [4.69, 9.17) is 4.74 Å². The van der Waals surface area contributed by atoms with Crippen molar-refractivity contribution in [1.82, 2.24) is 24.6 Å². The lowest BCUT2D eigenvalue weighted by atomic mass is 10.2. The van der Waals surface area contributed by atoms with E-state index in [2.05, 4.69) is 15.1 Å². The summed E-state index contributed by atoms with van der Waals surface area (Å²) in [7, 11) is 5.61. The lowest BCUT2D eigenvalue weighted by Crippen LogP contribution is -2.10. The summed E-state index contributed by atoms with van der Waals surface area (Å²) in [4.78, 5) is 22.6. The van der Waals surface area contributed by atoms with Gasteiger partial charge >= 0.3 is 5.97 Å². The molecule has 0 aromatic carbocycles. The second-order valence-electron chi connectivity index (χ2n) is 4.90. The van der Waals surface area contributed by atoms with Crippen molar-refractivity contribution in [2.24, 2.45) is 7.05 Å². The Labute approximate surface area is 129 Å². The first-order valence-electron chi connectivity index (χ1n) is 6.89. The van der Waals surface area contributed by atoms with Gasteiger partial charge in [-0.3, -0.25) is 4.68 Å². The molecular formula is C15H19N5O2. The highest BCUT2D eigenvalue weighted by Gasteiger charge is 2.15. The van der Waals surface area contributed by atoms with Crippen molar-refractivity contribution in [2.45, 2.75) is 6.92 Å². The quantitative estimate of drug-likeness (QED) is 0.781. The molecule has 0 aliphatic carbocycles. The maximum atomic E-state index is 12.0. The van der Waals surface area contributed by atoms with Crippen LogP contribution in [0.25, 0.3) is 17.5 Å². The summed E-state index contributed by atoms with van der Waals surface area (Å²) in [6, 6.07) is 0. The molecule has 2 heterocycles. The minimum atomic E-state index is -0.432. The Hall–Kier alpha value is -2.70. The number of hydrogen-bond donors (Lipinski definition) is 0. The molecule has 0 aliphatic rings. The van der Waals surface area contributed by atoms with Gasteiger partial charge in [0.1, 0.15) is 5.56 Å². The number of aryl methyl sites for hydroxylation is 1. The molecule has 0 radical (unpaired) electrons. The molecule has 0 fully saturated rings. The third kappa shape index (κ3) is 3.69. The zero-order chi connectivity index (χ0) is 16.1. The Balaban J connectivity index is 2.45. The third-order valence-corrected chi connectivity index (χ3v) is 2.81. The highest BCUT2D eigenvalue weighted by Crippen LogP contribution is 2.17. The van der Waals surface area contributed by atoms with Gasteiger partial charge in [0.05, 0.1) is 24.1 Å². The van der Waals surface area contributed by atoms with Crippen molar-refractivity contribution in [3.63, 3.8) is 0 Å². The molecule has 0 amide bonds. The van der Waals surface area contributed by atoms with Gasteiger partial charge in [-0.1, -0.05) is 0 Å². The number of rotatable bonds is 5. The average Bonchev–Trinajstić information content (AvgIpc) is 2.91. The molecule has 0 saturated heterocycles. The zero-order valence-electron chi connectivity index (χ0n) is 13.1. The summed E-state index contributed by atoms with van der Waals surface area (Å²) in [5.74, 6) is 0.0817. The van der Waals surface area contributed by atoms with Gasteiger partial charge < -0.3 is 9.64 Å². The molecule has 0 unspecified atom stereocenters. The normalized spacial score (nSPS) is 10.9. The largest absolute Gasteiger partial charge is 0.462 e. The SMILES string of the molecule is CCOC(=O)c1cnc(-c2cnn(C)c2)nc1/C=C/N(C)C. The fourth-order valence-corrected chi connectivity index (χ4v) is 1.78. The van der Waals surface area contributed by atoms with Crippen LogP contribution in [0.5, 0.6) is 0 Å². The molecule has 0 N–H and O–H groups in total. The van der Waals surface area contributed by atoms with Crippen LogP contribution in [0.1, 0.15) is 23.0 Å². The van der Waals surface area contributed by atoms with Gasteiger partial charge in [-0.25, -0.2) is 14.8 Å². The lowest BCUT2D eigenvalue weighted by molar-refractivity contribution is 0.0525. The van der Waals surface area contributed by atoms with Crippen LogP contribution < -0.4 is 0 Å². The van der Waals surface area contributed by atoms with E-state index in [1.807, 2.05) is 38.4 Å². The van der Waals surface area contributed by atoms with E-state index in [-0.39, 0.29) is 0 Å². The van der Waals surface area contributed by atoms with Crippen LogP contribution in [-0.4, -0.2) is 51.3 Å². The number of esters is 1. The number of aromatic nitrogens is 4. The Morgan fingerprint density at radius 1 is 1.41 bits per heavy atom. The molecular weight excluding hydrogens is 282 g/mol. The third-order valence-electron chi connectivity index (χ3n) is 2.81. The van der Waals surface area contributed by atoms with Gasteiger partial charge in [0.25, 0.3) is 0 Å². The molecule has 7 heteroatoms. The predicted molar refractivity (Wildman–Crippen MR) is 82.9 cm³/mol. The van der Waals surface area contributed by atoms with E-state index >= 15 is 0 Å². The van der Waals surface area contributed by atoms with Crippen LogP contribution in [-0.2, 0) is 11.8 Å². The van der Waals surface area contributed by atoms with Gasteiger partial charge in [-0.15, -0.1) is 0 Å². The molecule has 2 rings (SSSR count). The van der Waals surface area contributed by atoms with Crippen LogP contribution >= 0.6 is 0 Å². The van der Waals surface area contributed by atoms with Crippen molar-refractivity contribution >= 4 is 12.0 Å². The van der Waals surface area contributed by atoms with Gasteiger partial charge in [0.2, 0.25) is 0 Å². The van der Waals surface area contributed by atoms with Crippen molar-refractivity contribution in [3.05, 3.63) is 36.0 Å².